The maximum absolute atomic E-state index is 6.28. The summed E-state index contributed by atoms with van der Waals surface area (Å²) in [5.74, 6) is 0.517. The van der Waals surface area contributed by atoms with E-state index in [-0.39, 0.29) is 6.10 Å². The van der Waals surface area contributed by atoms with Crippen LogP contribution in [0.25, 0.3) is 0 Å². The van der Waals surface area contributed by atoms with Crippen molar-refractivity contribution in [1.29, 1.82) is 0 Å². The minimum Gasteiger partial charge on any atom is -0.373 e. The maximum atomic E-state index is 6.28. The molecule has 0 aliphatic carbocycles. The molecule has 0 bridgehead atoms. The number of hydrogen-bond donors (Lipinski definition) is 1. The van der Waals surface area contributed by atoms with Crippen molar-refractivity contribution in [2.24, 2.45) is 5.92 Å². The topological polar surface area (TPSA) is 21.3 Å². The van der Waals surface area contributed by atoms with Crippen molar-refractivity contribution in [2.75, 3.05) is 19.7 Å². The first-order chi connectivity index (χ1) is 8.72. The summed E-state index contributed by atoms with van der Waals surface area (Å²) in [6.45, 7) is 5.07. The third-order valence-electron chi connectivity index (χ3n) is 3.31. The number of rotatable bonds is 5. The molecule has 1 aliphatic rings. The summed E-state index contributed by atoms with van der Waals surface area (Å²) in [6.07, 6.45) is 2.39. The summed E-state index contributed by atoms with van der Waals surface area (Å²) in [6, 6.07) is 5.97. The van der Waals surface area contributed by atoms with Crippen LogP contribution in [0.5, 0.6) is 0 Å². The van der Waals surface area contributed by atoms with Crippen LogP contribution in [0.3, 0.4) is 0 Å². The number of benzene rings is 1. The van der Waals surface area contributed by atoms with Gasteiger partial charge in [0.1, 0.15) is 0 Å². The Balaban J connectivity index is 2.08. The monoisotopic (exact) mass is 331 g/mol. The summed E-state index contributed by atoms with van der Waals surface area (Å²) in [4.78, 5) is 0. The normalized spacial score (nSPS) is 23.5. The molecule has 1 N–H and O–H groups in total. The average Bonchev–Trinajstić information content (AvgIpc) is 2.81. The van der Waals surface area contributed by atoms with Crippen LogP contribution in [0.15, 0.2) is 22.7 Å². The third-order valence-corrected chi connectivity index (χ3v) is 4.15. The molecule has 0 radical (unpaired) electrons. The van der Waals surface area contributed by atoms with Gasteiger partial charge < -0.3 is 10.1 Å². The molecular weight excluding hydrogens is 314 g/mol. The molecule has 2 atom stereocenters. The van der Waals surface area contributed by atoms with E-state index in [1.165, 1.54) is 0 Å². The molecule has 1 saturated heterocycles. The fourth-order valence-electron chi connectivity index (χ4n) is 2.38. The minimum absolute atomic E-state index is 0.124. The van der Waals surface area contributed by atoms with Crippen LogP contribution >= 0.6 is 27.5 Å². The fourth-order valence-corrected chi connectivity index (χ4v) is 2.99. The second-order valence-corrected chi connectivity index (χ2v) is 6.03. The Bertz CT molecular complexity index is 399. The van der Waals surface area contributed by atoms with Gasteiger partial charge in [0.25, 0.3) is 0 Å². The summed E-state index contributed by atoms with van der Waals surface area (Å²) < 4.78 is 6.93. The quantitative estimate of drug-likeness (QED) is 0.817. The first-order valence-corrected chi connectivity index (χ1v) is 7.66. The molecular formula is C14H19BrClNO. The van der Waals surface area contributed by atoms with Crippen molar-refractivity contribution in [3.63, 3.8) is 0 Å². The van der Waals surface area contributed by atoms with Gasteiger partial charge in [0.15, 0.2) is 0 Å². The van der Waals surface area contributed by atoms with E-state index in [9.17, 15) is 0 Å². The number of ether oxygens (including phenoxy) is 1. The lowest BCUT2D eigenvalue weighted by molar-refractivity contribution is 0.0906. The third kappa shape index (κ3) is 3.47. The Morgan fingerprint density at radius 2 is 2.33 bits per heavy atom. The lowest BCUT2D eigenvalue weighted by atomic mass is 9.95. The van der Waals surface area contributed by atoms with Gasteiger partial charge >= 0.3 is 0 Å². The average molecular weight is 333 g/mol. The Morgan fingerprint density at radius 1 is 1.50 bits per heavy atom. The van der Waals surface area contributed by atoms with Gasteiger partial charge in [-0.15, -0.1) is 0 Å². The summed E-state index contributed by atoms with van der Waals surface area (Å²) in [7, 11) is 0. The Labute approximate surface area is 122 Å². The zero-order valence-electron chi connectivity index (χ0n) is 10.6. The second-order valence-electron chi connectivity index (χ2n) is 4.71. The predicted molar refractivity (Wildman–Crippen MR) is 79.1 cm³/mol. The molecule has 0 saturated carbocycles. The van der Waals surface area contributed by atoms with Gasteiger partial charge in [-0.25, -0.2) is 0 Å². The summed E-state index contributed by atoms with van der Waals surface area (Å²) in [5, 5.41) is 4.27. The van der Waals surface area contributed by atoms with Crippen LogP contribution in [0.2, 0.25) is 5.02 Å². The van der Waals surface area contributed by atoms with Gasteiger partial charge in [-0.1, -0.05) is 34.5 Å². The van der Waals surface area contributed by atoms with Crippen LogP contribution < -0.4 is 5.32 Å². The van der Waals surface area contributed by atoms with Gasteiger partial charge in [0.2, 0.25) is 0 Å². The predicted octanol–water partition coefficient (Wildman–Crippen LogP) is 4.18. The van der Waals surface area contributed by atoms with E-state index in [2.05, 4.69) is 34.2 Å². The molecule has 0 amide bonds. The van der Waals surface area contributed by atoms with Gasteiger partial charge in [0.05, 0.1) is 6.10 Å². The number of nitrogens with one attached hydrogen (secondary N) is 1. The molecule has 2 rings (SSSR count). The van der Waals surface area contributed by atoms with Crippen LogP contribution in [0, 0.1) is 5.92 Å². The molecule has 0 spiro atoms. The molecule has 2 nitrogen and oxygen atoms in total. The van der Waals surface area contributed by atoms with E-state index in [1.54, 1.807) is 0 Å². The Kier molecular flexibility index (Phi) is 5.49. The summed E-state index contributed by atoms with van der Waals surface area (Å²) in [5.41, 5.74) is 1.10. The summed E-state index contributed by atoms with van der Waals surface area (Å²) >= 11 is 9.78. The van der Waals surface area contributed by atoms with E-state index < -0.39 is 0 Å². The van der Waals surface area contributed by atoms with Crippen molar-refractivity contribution in [1.82, 2.24) is 5.32 Å². The molecule has 18 heavy (non-hydrogen) atoms. The van der Waals surface area contributed by atoms with Crippen molar-refractivity contribution in [3.05, 3.63) is 33.3 Å². The Morgan fingerprint density at radius 3 is 3.11 bits per heavy atom. The van der Waals surface area contributed by atoms with E-state index in [1.807, 2.05) is 12.1 Å². The van der Waals surface area contributed by atoms with E-state index in [0.29, 0.717) is 5.92 Å². The second kappa shape index (κ2) is 6.90. The lowest BCUT2D eigenvalue weighted by Gasteiger charge is -2.20. The Hall–Kier alpha value is -0.0900. The van der Waals surface area contributed by atoms with Gasteiger partial charge in [-0.2, -0.15) is 0 Å². The highest BCUT2D eigenvalue weighted by Gasteiger charge is 2.30. The largest absolute Gasteiger partial charge is 0.373 e. The van der Waals surface area contributed by atoms with E-state index in [4.69, 9.17) is 16.3 Å². The molecule has 100 valence electrons. The van der Waals surface area contributed by atoms with Crippen molar-refractivity contribution >= 4 is 27.5 Å². The van der Waals surface area contributed by atoms with Crippen LogP contribution in [-0.4, -0.2) is 19.7 Å². The van der Waals surface area contributed by atoms with E-state index in [0.717, 1.165) is 47.6 Å². The van der Waals surface area contributed by atoms with Gasteiger partial charge in [-0.05, 0) is 37.6 Å². The van der Waals surface area contributed by atoms with Crippen molar-refractivity contribution < 1.29 is 4.74 Å². The maximum Gasteiger partial charge on any atom is 0.0880 e. The molecule has 1 heterocycles. The highest BCUT2D eigenvalue weighted by atomic mass is 79.9. The van der Waals surface area contributed by atoms with Crippen LogP contribution in [0.1, 0.15) is 31.4 Å². The molecule has 2 unspecified atom stereocenters. The lowest BCUT2D eigenvalue weighted by Crippen LogP contribution is -2.25. The first-order valence-electron chi connectivity index (χ1n) is 6.49. The molecule has 0 aromatic heterocycles. The fraction of sp³-hybridized carbons (Fsp3) is 0.571. The van der Waals surface area contributed by atoms with Gasteiger partial charge in [-0.3, -0.25) is 0 Å². The van der Waals surface area contributed by atoms with Crippen LogP contribution in [-0.2, 0) is 4.74 Å². The minimum atomic E-state index is 0.124. The zero-order chi connectivity index (χ0) is 13.0. The number of halogens is 2. The van der Waals surface area contributed by atoms with Gasteiger partial charge in [0, 0.05) is 34.1 Å². The molecule has 1 aromatic rings. The van der Waals surface area contributed by atoms with Crippen molar-refractivity contribution in [2.45, 2.75) is 25.9 Å². The first kappa shape index (κ1) is 14.3. The van der Waals surface area contributed by atoms with Crippen LogP contribution in [0.4, 0.5) is 0 Å². The molecule has 1 aromatic carbocycles. The molecule has 1 fully saturated rings. The highest BCUT2D eigenvalue weighted by Crippen LogP contribution is 2.38. The highest BCUT2D eigenvalue weighted by molar-refractivity contribution is 9.10. The zero-order valence-corrected chi connectivity index (χ0v) is 12.9. The smallest absolute Gasteiger partial charge is 0.0880 e. The SMILES string of the molecule is CCCNCC1CCOC1c1cc(Br)ccc1Cl. The number of hydrogen-bond acceptors (Lipinski definition) is 2. The standard InChI is InChI=1S/C14H19BrClNO/c1-2-6-17-9-10-5-7-18-14(10)12-8-11(15)3-4-13(12)16/h3-4,8,10,14,17H,2,5-7,9H2,1H3. The molecule has 1 aliphatic heterocycles. The van der Waals surface area contributed by atoms with E-state index >= 15 is 0 Å². The van der Waals surface area contributed by atoms with Crippen molar-refractivity contribution in [3.8, 4) is 0 Å². The molecule has 4 heteroatoms.